The first-order chi connectivity index (χ1) is 8.54. The van der Waals surface area contributed by atoms with Crippen LogP contribution in [0.3, 0.4) is 0 Å². The van der Waals surface area contributed by atoms with Gasteiger partial charge in [0.1, 0.15) is 0 Å². The van der Waals surface area contributed by atoms with E-state index in [-0.39, 0.29) is 0 Å². The van der Waals surface area contributed by atoms with Crippen molar-refractivity contribution < 1.29 is 4.74 Å². The summed E-state index contributed by atoms with van der Waals surface area (Å²) in [5.41, 5.74) is 1.47. The Balaban J connectivity index is 1.85. The molecule has 1 saturated carbocycles. The molecule has 0 spiro atoms. The first-order valence-corrected chi connectivity index (χ1v) is 6.85. The van der Waals surface area contributed by atoms with Gasteiger partial charge in [-0.2, -0.15) is 0 Å². The van der Waals surface area contributed by atoms with Crippen LogP contribution in [-0.4, -0.2) is 17.6 Å². The number of rotatable bonds is 6. The van der Waals surface area contributed by atoms with Crippen LogP contribution in [0.5, 0.6) is 5.88 Å². The normalized spacial score (nSPS) is 15.7. The lowest BCUT2D eigenvalue weighted by Crippen LogP contribution is -2.17. The average molecular weight is 248 g/mol. The van der Waals surface area contributed by atoms with Crippen LogP contribution in [0, 0.1) is 5.41 Å². The van der Waals surface area contributed by atoms with Gasteiger partial charge >= 0.3 is 0 Å². The maximum atomic E-state index is 5.81. The molecule has 0 bridgehead atoms. The summed E-state index contributed by atoms with van der Waals surface area (Å²) in [6.45, 7) is 8.28. The zero-order valence-electron chi connectivity index (χ0n) is 11.7. The summed E-state index contributed by atoms with van der Waals surface area (Å²) in [5.74, 6) is 0.787. The van der Waals surface area contributed by atoms with E-state index in [1.54, 1.807) is 6.20 Å². The first-order valence-electron chi connectivity index (χ1n) is 6.85. The fourth-order valence-electron chi connectivity index (χ4n) is 1.68. The third-order valence-electron chi connectivity index (χ3n) is 3.10. The number of pyridine rings is 1. The van der Waals surface area contributed by atoms with Gasteiger partial charge in [0.05, 0.1) is 6.61 Å². The molecule has 0 aliphatic heterocycles. The van der Waals surface area contributed by atoms with Crippen molar-refractivity contribution in [2.45, 2.75) is 52.6 Å². The largest absolute Gasteiger partial charge is 0.477 e. The predicted molar refractivity (Wildman–Crippen MR) is 73.7 cm³/mol. The molecule has 18 heavy (non-hydrogen) atoms. The van der Waals surface area contributed by atoms with Crippen LogP contribution in [0.15, 0.2) is 18.3 Å². The molecule has 1 aromatic heterocycles. The van der Waals surface area contributed by atoms with Crippen LogP contribution in [0.4, 0.5) is 0 Å². The number of hydrogen-bond donors (Lipinski definition) is 1. The zero-order valence-corrected chi connectivity index (χ0v) is 11.7. The molecule has 0 atom stereocenters. The van der Waals surface area contributed by atoms with Crippen molar-refractivity contribution in [3.8, 4) is 5.88 Å². The van der Waals surface area contributed by atoms with Gasteiger partial charge in [-0.25, -0.2) is 4.98 Å². The monoisotopic (exact) mass is 248 g/mol. The van der Waals surface area contributed by atoms with Crippen molar-refractivity contribution in [2.75, 3.05) is 6.61 Å². The molecule has 0 aromatic carbocycles. The van der Waals surface area contributed by atoms with E-state index >= 15 is 0 Å². The quantitative estimate of drug-likeness (QED) is 0.839. The van der Waals surface area contributed by atoms with Gasteiger partial charge in [-0.3, -0.25) is 0 Å². The van der Waals surface area contributed by atoms with E-state index in [2.05, 4.69) is 37.1 Å². The Bertz CT molecular complexity index is 380. The van der Waals surface area contributed by atoms with E-state index < -0.39 is 0 Å². The number of aromatic nitrogens is 1. The highest BCUT2D eigenvalue weighted by atomic mass is 16.5. The van der Waals surface area contributed by atoms with Gasteiger partial charge in [-0.15, -0.1) is 0 Å². The first kappa shape index (κ1) is 13.3. The zero-order chi connectivity index (χ0) is 13.0. The van der Waals surface area contributed by atoms with Gasteiger partial charge in [-0.05, 0) is 30.7 Å². The second kappa shape index (κ2) is 5.70. The third kappa shape index (κ3) is 4.65. The topological polar surface area (TPSA) is 34.1 Å². The number of ether oxygens (including phenoxy) is 1. The fraction of sp³-hybridized carbons (Fsp3) is 0.667. The SMILES string of the molecule is CC(C)(C)CCOc1ncccc1CNC1CC1. The number of hydrogen-bond acceptors (Lipinski definition) is 3. The molecule has 3 heteroatoms. The Kier molecular flexibility index (Phi) is 4.23. The molecule has 0 radical (unpaired) electrons. The van der Waals surface area contributed by atoms with Crippen LogP contribution < -0.4 is 10.1 Å². The van der Waals surface area contributed by atoms with Gasteiger partial charge in [0, 0.05) is 24.3 Å². The minimum Gasteiger partial charge on any atom is -0.477 e. The Morgan fingerprint density at radius 1 is 1.39 bits per heavy atom. The minimum atomic E-state index is 0.307. The number of nitrogens with zero attached hydrogens (tertiary/aromatic N) is 1. The highest BCUT2D eigenvalue weighted by Gasteiger charge is 2.20. The second-order valence-electron chi connectivity index (χ2n) is 6.28. The van der Waals surface area contributed by atoms with Crippen LogP contribution in [-0.2, 0) is 6.54 Å². The van der Waals surface area contributed by atoms with Gasteiger partial charge < -0.3 is 10.1 Å². The maximum Gasteiger partial charge on any atom is 0.217 e. The van der Waals surface area contributed by atoms with Gasteiger partial charge in [0.25, 0.3) is 0 Å². The minimum absolute atomic E-state index is 0.307. The van der Waals surface area contributed by atoms with Gasteiger partial charge in [-0.1, -0.05) is 26.8 Å². The summed E-state index contributed by atoms with van der Waals surface area (Å²) in [5, 5.41) is 3.50. The Morgan fingerprint density at radius 2 is 2.17 bits per heavy atom. The van der Waals surface area contributed by atoms with Crippen molar-refractivity contribution in [1.82, 2.24) is 10.3 Å². The molecule has 0 unspecified atom stereocenters. The van der Waals surface area contributed by atoms with E-state index in [4.69, 9.17) is 4.74 Å². The van der Waals surface area contributed by atoms with E-state index in [1.807, 2.05) is 6.07 Å². The number of nitrogens with one attached hydrogen (secondary N) is 1. The summed E-state index contributed by atoms with van der Waals surface area (Å²) >= 11 is 0. The van der Waals surface area contributed by atoms with Crippen LogP contribution in [0.1, 0.15) is 45.6 Å². The van der Waals surface area contributed by atoms with Crippen molar-refractivity contribution in [2.24, 2.45) is 5.41 Å². The third-order valence-corrected chi connectivity index (χ3v) is 3.10. The fourth-order valence-corrected chi connectivity index (χ4v) is 1.68. The Labute approximate surface area is 110 Å². The van der Waals surface area contributed by atoms with Gasteiger partial charge in [0.15, 0.2) is 0 Å². The maximum absolute atomic E-state index is 5.81. The van der Waals surface area contributed by atoms with E-state index in [0.29, 0.717) is 11.5 Å². The lowest BCUT2D eigenvalue weighted by atomic mass is 9.93. The van der Waals surface area contributed by atoms with E-state index in [0.717, 1.165) is 25.5 Å². The van der Waals surface area contributed by atoms with Crippen molar-refractivity contribution in [3.63, 3.8) is 0 Å². The summed E-state index contributed by atoms with van der Waals surface area (Å²) in [4.78, 5) is 4.33. The summed E-state index contributed by atoms with van der Waals surface area (Å²) in [6.07, 6.45) is 5.45. The standard InChI is InChI=1S/C15H24N2O/c1-15(2,3)8-10-18-14-12(5-4-9-16-14)11-17-13-6-7-13/h4-5,9,13,17H,6-8,10-11H2,1-3H3. The molecule has 1 fully saturated rings. The highest BCUT2D eigenvalue weighted by Crippen LogP contribution is 2.22. The molecular formula is C15H24N2O. The van der Waals surface area contributed by atoms with Crippen molar-refractivity contribution in [1.29, 1.82) is 0 Å². The molecule has 100 valence electrons. The van der Waals surface area contributed by atoms with E-state index in [1.165, 1.54) is 18.4 Å². The lowest BCUT2D eigenvalue weighted by molar-refractivity contribution is 0.234. The average Bonchev–Trinajstić information content (AvgIpc) is 3.10. The lowest BCUT2D eigenvalue weighted by Gasteiger charge is -2.18. The molecule has 1 aliphatic rings. The smallest absolute Gasteiger partial charge is 0.217 e. The molecule has 1 heterocycles. The molecule has 1 N–H and O–H groups in total. The second-order valence-corrected chi connectivity index (χ2v) is 6.28. The van der Waals surface area contributed by atoms with Crippen molar-refractivity contribution >= 4 is 0 Å². The summed E-state index contributed by atoms with van der Waals surface area (Å²) < 4.78 is 5.81. The molecule has 0 amide bonds. The van der Waals surface area contributed by atoms with Crippen LogP contribution >= 0.6 is 0 Å². The molecule has 3 nitrogen and oxygen atoms in total. The molecule has 0 saturated heterocycles. The molecule has 1 aliphatic carbocycles. The summed E-state index contributed by atoms with van der Waals surface area (Å²) in [6, 6.07) is 4.78. The molecule has 1 aromatic rings. The van der Waals surface area contributed by atoms with Crippen molar-refractivity contribution in [3.05, 3.63) is 23.9 Å². The Morgan fingerprint density at radius 3 is 2.83 bits per heavy atom. The molecule has 2 rings (SSSR count). The predicted octanol–water partition coefficient (Wildman–Crippen LogP) is 3.15. The van der Waals surface area contributed by atoms with Crippen LogP contribution in [0.25, 0.3) is 0 Å². The highest BCUT2D eigenvalue weighted by molar-refractivity contribution is 5.25. The van der Waals surface area contributed by atoms with E-state index in [9.17, 15) is 0 Å². The Hall–Kier alpha value is -1.09. The summed E-state index contributed by atoms with van der Waals surface area (Å²) in [7, 11) is 0. The molecular weight excluding hydrogens is 224 g/mol. The van der Waals surface area contributed by atoms with Gasteiger partial charge in [0.2, 0.25) is 5.88 Å². The van der Waals surface area contributed by atoms with Crippen LogP contribution in [0.2, 0.25) is 0 Å².